The van der Waals surface area contributed by atoms with Gasteiger partial charge in [-0.3, -0.25) is 4.99 Å². The summed E-state index contributed by atoms with van der Waals surface area (Å²) in [6.07, 6.45) is 1.13. The highest BCUT2D eigenvalue weighted by atomic mass is 15.1. The molecule has 0 aliphatic heterocycles. The van der Waals surface area contributed by atoms with Crippen LogP contribution in [-0.4, -0.2) is 31.4 Å². The number of rotatable bonds is 2. The summed E-state index contributed by atoms with van der Waals surface area (Å²) in [5.41, 5.74) is 0. The molecule has 2 nitrogen and oxygen atoms in total. The van der Waals surface area contributed by atoms with E-state index in [4.69, 9.17) is 0 Å². The van der Waals surface area contributed by atoms with Crippen molar-refractivity contribution in [1.82, 2.24) is 4.90 Å². The molecule has 0 fully saturated rings. The second-order valence-electron chi connectivity index (χ2n) is 2.32. The van der Waals surface area contributed by atoms with Gasteiger partial charge in [0.1, 0.15) is 0 Å². The summed E-state index contributed by atoms with van der Waals surface area (Å²) in [6, 6.07) is 0. The van der Waals surface area contributed by atoms with Crippen molar-refractivity contribution in [2.75, 3.05) is 20.6 Å². The van der Waals surface area contributed by atoms with Crippen LogP contribution in [0.25, 0.3) is 0 Å². The third-order valence-corrected chi connectivity index (χ3v) is 1.21. The molecule has 0 aliphatic rings. The molecule has 0 aliphatic carbocycles. The SMILES string of the molecule is CCC/N=C(/C)N(C)C. The van der Waals surface area contributed by atoms with Gasteiger partial charge in [0.05, 0.1) is 5.84 Å². The molecule has 0 aromatic rings. The van der Waals surface area contributed by atoms with Crippen molar-refractivity contribution in [1.29, 1.82) is 0 Å². The minimum absolute atomic E-state index is 0.948. The Hall–Kier alpha value is -0.530. The van der Waals surface area contributed by atoms with Crippen LogP contribution < -0.4 is 0 Å². The zero-order valence-electron chi connectivity index (χ0n) is 6.81. The average molecular weight is 128 g/mol. The van der Waals surface area contributed by atoms with E-state index >= 15 is 0 Å². The summed E-state index contributed by atoms with van der Waals surface area (Å²) in [5, 5.41) is 0. The van der Waals surface area contributed by atoms with E-state index < -0.39 is 0 Å². The fourth-order valence-corrected chi connectivity index (χ4v) is 0.415. The maximum atomic E-state index is 4.28. The van der Waals surface area contributed by atoms with Crippen LogP contribution in [0.4, 0.5) is 0 Å². The van der Waals surface area contributed by atoms with Gasteiger partial charge < -0.3 is 4.90 Å². The van der Waals surface area contributed by atoms with Crippen LogP contribution in [-0.2, 0) is 0 Å². The zero-order chi connectivity index (χ0) is 7.28. The van der Waals surface area contributed by atoms with Gasteiger partial charge in [-0.05, 0) is 13.3 Å². The largest absolute Gasteiger partial charge is 0.367 e. The quantitative estimate of drug-likeness (QED) is 0.405. The molecule has 0 saturated heterocycles. The summed E-state index contributed by atoms with van der Waals surface area (Å²) in [6.45, 7) is 5.10. The molecule has 0 N–H and O–H groups in total. The van der Waals surface area contributed by atoms with E-state index in [9.17, 15) is 0 Å². The Labute approximate surface area is 57.6 Å². The van der Waals surface area contributed by atoms with Crippen LogP contribution >= 0.6 is 0 Å². The van der Waals surface area contributed by atoms with Crippen LogP contribution in [0.3, 0.4) is 0 Å². The smallest absolute Gasteiger partial charge is 0.0952 e. The molecule has 0 bridgehead atoms. The van der Waals surface area contributed by atoms with Gasteiger partial charge in [-0.15, -0.1) is 0 Å². The Bertz CT molecular complexity index is 95.1. The van der Waals surface area contributed by atoms with Gasteiger partial charge >= 0.3 is 0 Å². The lowest BCUT2D eigenvalue weighted by Gasteiger charge is -2.10. The highest BCUT2D eigenvalue weighted by molar-refractivity contribution is 5.79. The molecule has 54 valence electrons. The molecule has 0 unspecified atom stereocenters. The number of aliphatic imine (C=N–C) groups is 1. The first-order valence-electron chi connectivity index (χ1n) is 3.36. The molecule has 2 heteroatoms. The molecule has 0 aromatic carbocycles. The number of nitrogens with zero attached hydrogens (tertiary/aromatic N) is 2. The van der Waals surface area contributed by atoms with Gasteiger partial charge in [-0.2, -0.15) is 0 Å². The Morgan fingerprint density at radius 1 is 1.44 bits per heavy atom. The average Bonchev–Trinajstić information content (AvgIpc) is 1.82. The highest BCUT2D eigenvalue weighted by Gasteiger charge is 1.88. The normalized spacial score (nSPS) is 11.8. The Morgan fingerprint density at radius 3 is 2.33 bits per heavy atom. The Balaban J connectivity index is 3.55. The van der Waals surface area contributed by atoms with Gasteiger partial charge in [0, 0.05) is 20.6 Å². The molecule has 0 heterocycles. The van der Waals surface area contributed by atoms with E-state index in [1.54, 1.807) is 0 Å². The van der Waals surface area contributed by atoms with Crippen molar-refractivity contribution >= 4 is 5.84 Å². The third kappa shape index (κ3) is 4.01. The summed E-state index contributed by atoms with van der Waals surface area (Å²) >= 11 is 0. The van der Waals surface area contributed by atoms with E-state index in [1.165, 1.54) is 0 Å². The van der Waals surface area contributed by atoms with E-state index in [-0.39, 0.29) is 0 Å². The van der Waals surface area contributed by atoms with Gasteiger partial charge in [0.15, 0.2) is 0 Å². The summed E-state index contributed by atoms with van der Waals surface area (Å²) in [5.74, 6) is 1.11. The maximum absolute atomic E-state index is 4.28. The van der Waals surface area contributed by atoms with E-state index in [1.807, 2.05) is 25.9 Å². The highest BCUT2D eigenvalue weighted by Crippen LogP contribution is 1.84. The molecular formula is C7H16N2. The van der Waals surface area contributed by atoms with Crippen LogP contribution in [0, 0.1) is 0 Å². The van der Waals surface area contributed by atoms with Gasteiger partial charge in [0.25, 0.3) is 0 Å². The second kappa shape index (κ2) is 4.36. The Morgan fingerprint density at radius 2 is 2.00 bits per heavy atom. The van der Waals surface area contributed by atoms with E-state index in [0.29, 0.717) is 0 Å². The minimum Gasteiger partial charge on any atom is -0.367 e. The summed E-state index contributed by atoms with van der Waals surface area (Å²) in [7, 11) is 4.02. The van der Waals surface area contributed by atoms with Crippen molar-refractivity contribution in [3.63, 3.8) is 0 Å². The first-order chi connectivity index (χ1) is 4.18. The van der Waals surface area contributed by atoms with Crippen molar-refractivity contribution in [3.8, 4) is 0 Å². The minimum atomic E-state index is 0.948. The monoisotopic (exact) mass is 128 g/mol. The number of amidine groups is 1. The van der Waals surface area contributed by atoms with Crippen molar-refractivity contribution < 1.29 is 0 Å². The first kappa shape index (κ1) is 8.47. The number of hydrogen-bond acceptors (Lipinski definition) is 1. The molecule has 0 aromatic heterocycles. The predicted molar refractivity (Wildman–Crippen MR) is 42.0 cm³/mol. The van der Waals surface area contributed by atoms with Crippen LogP contribution in [0.5, 0.6) is 0 Å². The van der Waals surface area contributed by atoms with Crippen LogP contribution in [0.1, 0.15) is 20.3 Å². The molecular weight excluding hydrogens is 112 g/mol. The number of hydrogen-bond donors (Lipinski definition) is 0. The maximum Gasteiger partial charge on any atom is 0.0952 e. The molecule has 0 amide bonds. The predicted octanol–water partition coefficient (Wildman–Crippen LogP) is 1.38. The van der Waals surface area contributed by atoms with Crippen molar-refractivity contribution in [2.24, 2.45) is 4.99 Å². The summed E-state index contributed by atoms with van der Waals surface area (Å²) < 4.78 is 0. The molecule has 0 saturated carbocycles. The molecule has 0 spiro atoms. The lowest BCUT2D eigenvalue weighted by Crippen LogP contribution is -2.18. The lowest BCUT2D eigenvalue weighted by atomic mass is 10.5. The zero-order valence-corrected chi connectivity index (χ0v) is 6.81. The van der Waals surface area contributed by atoms with Crippen molar-refractivity contribution in [2.45, 2.75) is 20.3 Å². The standard InChI is InChI=1S/C7H16N2/c1-5-6-8-7(2)9(3)4/h5-6H2,1-4H3/b8-7-. The molecule has 9 heavy (non-hydrogen) atoms. The summed E-state index contributed by atoms with van der Waals surface area (Å²) in [4.78, 5) is 6.31. The van der Waals surface area contributed by atoms with E-state index in [0.717, 1.165) is 18.8 Å². The van der Waals surface area contributed by atoms with Gasteiger partial charge in [-0.1, -0.05) is 6.92 Å². The van der Waals surface area contributed by atoms with Gasteiger partial charge in [-0.25, -0.2) is 0 Å². The molecule has 0 atom stereocenters. The fourth-order valence-electron chi connectivity index (χ4n) is 0.415. The fraction of sp³-hybridized carbons (Fsp3) is 0.857. The molecule has 0 rings (SSSR count). The van der Waals surface area contributed by atoms with Crippen molar-refractivity contribution in [3.05, 3.63) is 0 Å². The lowest BCUT2D eigenvalue weighted by molar-refractivity contribution is 0.613. The van der Waals surface area contributed by atoms with Gasteiger partial charge in [0.2, 0.25) is 0 Å². The topological polar surface area (TPSA) is 15.6 Å². The first-order valence-corrected chi connectivity index (χ1v) is 3.36. The molecule has 0 radical (unpaired) electrons. The second-order valence-corrected chi connectivity index (χ2v) is 2.32. The van der Waals surface area contributed by atoms with Crippen LogP contribution in [0.2, 0.25) is 0 Å². The third-order valence-electron chi connectivity index (χ3n) is 1.21. The Kier molecular flexibility index (Phi) is 4.10. The van der Waals surface area contributed by atoms with E-state index in [2.05, 4.69) is 11.9 Å². The van der Waals surface area contributed by atoms with Crippen LogP contribution in [0.15, 0.2) is 4.99 Å².